The molecule has 1 heterocycles. The molecule has 1 rings (SSSR count). The highest BCUT2D eigenvalue weighted by Crippen LogP contribution is 2.04. The molecular weight excluding hydrogens is 188 g/mol. The molecule has 0 aliphatic carbocycles. The van der Waals surface area contributed by atoms with E-state index < -0.39 is 0 Å². The van der Waals surface area contributed by atoms with Crippen LogP contribution in [0.1, 0.15) is 45.3 Å². The minimum atomic E-state index is 0.201. The number of nitrogens with two attached hydrogens (primary N) is 1. The van der Waals surface area contributed by atoms with Gasteiger partial charge in [0, 0.05) is 18.9 Å². The summed E-state index contributed by atoms with van der Waals surface area (Å²) in [5, 5.41) is 4.45. The van der Waals surface area contributed by atoms with E-state index in [0.29, 0.717) is 0 Å². The predicted octanol–water partition coefficient (Wildman–Crippen LogP) is 1.53. The van der Waals surface area contributed by atoms with E-state index in [0.717, 1.165) is 43.9 Å². The van der Waals surface area contributed by atoms with Gasteiger partial charge in [-0.1, -0.05) is 27.2 Å². The Labute approximate surface area is 91.9 Å². The molecule has 0 saturated heterocycles. The van der Waals surface area contributed by atoms with Crippen molar-refractivity contribution in [3.63, 3.8) is 0 Å². The molecule has 86 valence electrons. The third-order valence-corrected chi connectivity index (χ3v) is 2.49. The van der Waals surface area contributed by atoms with E-state index in [9.17, 15) is 0 Å². The largest absolute Gasteiger partial charge is 0.326 e. The first kappa shape index (κ1) is 12.2. The highest BCUT2D eigenvalue weighted by molar-refractivity contribution is 4.93. The lowest BCUT2D eigenvalue weighted by atomic mass is 10.2. The lowest BCUT2D eigenvalue weighted by Crippen LogP contribution is -2.27. The molecule has 0 bridgehead atoms. The number of aromatic nitrogens is 3. The van der Waals surface area contributed by atoms with E-state index in [4.69, 9.17) is 5.73 Å². The van der Waals surface area contributed by atoms with Crippen molar-refractivity contribution in [1.82, 2.24) is 14.8 Å². The van der Waals surface area contributed by atoms with E-state index >= 15 is 0 Å². The van der Waals surface area contributed by atoms with Gasteiger partial charge in [-0.15, -0.1) is 0 Å². The monoisotopic (exact) mass is 210 g/mol. The third kappa shape index (κ3) is 3.30. The number of aryl methyl sites for hydroxylation is 2. The van der Waals surface area contributed by atoms with E-state index in [-0.39, 0.29) is 6.04 Å². The molecule has 1 atom stereocenters. The molecule has 0 fully saturated rings. The van der Waals surface area contributed by atoms with E-state index in [1.54, 1.807) is 0 Å². The van der Waals surface area contributed by atoms with Crippen LogP contribution in [0.15, 0.2) is 0 Å². The summed E-state index contributed by atoms with van der Waals surface area (Å²) < 4.78 is 1.97. The predicted molar refractivity (Wildman–Crippen MR) is 61.7 cm³/mol. The molecule has 0 aliphatic heterocycles. The van der Waals surface area contributed by atoms with E-state index in [1.165, 1.54) is 0 Å². The number of rotatable bonds is 6. The maximum Gasteiger partial charge on any atom is 0.150 e. The highest BCUT2D eigenvalue weighted by Gasteiger charge is 2.09. The Hall–Kier alpha value is -0.900. The molecule has 0 amide bonds. The Bertz CT molecular complexity index is 293. The summed E-state index contributed by atoms with van der Waals surface area (Å²) in [6.07, 6.45) is 3.98. The lowest BCUT2D eigenvalue weighted by molar-refractivity contribution is 0.466. The summed E-state index contributed by atoms with van der Waals surface area (Å²) in [5.74, 6) is 1.98. The molecule has 0 radical (unpaired) electrons. The van der Waals surface area contributed by atoms with Gasteiger partial charge in [0.05, 0.1) is 6.54 Å². The Balaban J connectivity index is 2.69. The fourth-order valence-electron chi connectivity index (χ4n) is 1.67. The summed E-state index contributed by atoms with van der Waals surface area (Å²) in [6, 6.07) is 0.201. The number of nitrogens with zero attached hydrogens (tertiary/aromatic N) is 3. The molecule has 1 aromatic rings. The van der Waals surface area contributed by atoms with Crippen molar-refractivity contribution in [1.29, 1.82) is 0 Å². The van der Waals surface area contributed by atoms with Crippen molar-refractivity contribution < 1.29 is 0 Å². The van der Waals surface area contributed by atoms with Crippen LogP contribution in [0.25, 0.3) is 0 Å². The summed E-state index contributed by atoms with van der Waals surface area (Å²) in [4.78, 5) is 4.46. The SMILES string of the molecule is CCCC(N)Cn1nc(CC)nc1CC. The second-order valence-corrected chi connectivity index (χ2v) is 3.88. The van der Waals surface area contributed by atoms with Crippen LogP contribution < -0.4 is 5.73 Å². The minimum absolute atomic E-state index is 0.201. The Kier molecular flexibility index (Phi) is 4.75. The van der Waals surface area contributed by atoms with Gasteiger partial charge in [0.15, 0.2) is 5.82 Å². The van der Waals surface area contributed by atoms with E-state index in [2.05, 4.69) is 30.9 Å². The maximum absolute atomic E-state index is 6.00. The van der Waals surface area contributed by atoms with Gasteiger partial charge in [-0.05, 0) is 6.42 Å². The van der Waals surface area contributed by atoms with Gasteiger partial charge in [-0.2, -0.15) is 5.10 Å². The maximum atomic E-state index is 6.00. The van der Waals surface area contributed by atoms with Crippen LogP contribution in [0.5, 0.6) is 0 Å². The van der Waals surface area contributed by atoms with Crippen LogP contribution in [0.4, 0.5) is 0 Å². The molecule has 2 N–H and O–H groups in total. The molecule has 1 aromatic heterocycles. The zero-order chi connectivity index (χ0) is 11.3. The smallest absolute Gasteiger partial charge is 0.150 e. The first-order chi connectivity index (χ1) is 7.21. The topological polar surface area (TPSA) is 56.7 Å². The van der Waals surface area contributed by atoms with Crippen LogP contribution in [0.3, 0.4) is 0 Å². The average Bonchev–Trinajstić information content (AvgIpc) is 2.60. The molecule has 0 spiro atoms. The summed E-state index contributed by atoms with van der Waals surface area (Å²) in [7, 11) is 0. The van der Waals surface area contributed by atoms with Crippen molar-refractivity contribution >= 4 is 0 Å². The molecule has 0 aliphatic rings. The molecule has 15 heavy (non-hydrogen) atoms. The summed E-state index contributed by atoms with van der Waals surface area (Å²) in [5.41, 5.74) is 6.00. The van der Waals surface area contributed by atoms with Crippen molar-refractivity contribution in [3.8, 4) is 0 Å². The van der Waals surface area contributed by atoms with Gasteiger partial charge in [0.2, 0.25) is 0 Å². The molecule has 0 saturated carbocycles. The Morgan fingerprint density at radius 3 is 2.53 bits per heavy atom. The van der Waals surface area contributed by atoms with Gasteiger partial charge in [-0.25, -0.2) is 9.67 Å². The van der Waals surface area contributed by atoms with Crippen molar-refractivity contribution in [2.45, 2.75) is 59.0 Å². The molecule has 1 unspecified atom stereocenters. The second-order valence-electron chi connectivity index (χ2n) is 3.88. The van der Waals surface area contributed by atoms with Gasteiger partial charge in [0.1, 0.15) is 5.82 Å². The Morgan fingerprint density at radius 2 is 2.00 bits per heavy atom. The molecular formula is C11H22N4. The summed E-state index contributed by atoms with van der Waals surface area (Å²) in [6.45, 7) is 7.12. The fourth-order valence-corrected chi connectivity index (χ4v) is 1.67. The molecule has 4 nitrogen and oxygen atoms in total. The Morgan fingerprint density at radius 1 is 1.27 bits per heavy atom. The zero-order valence-corrected chi connectivity index (χ0v) is 10.0. The van der Waals surface area contributed by atoms with Gasteiger partial charge in [0.25, 0.3) is 0 Å². The molecule has 0 aromatic carbocycles. The van der Waals surface area contributed by atoms with Crippen LogP contribution in [0.2, 0.25) is 0 Å². The summed E-state index contributed by atoms with van der Waals surface area (Å²) >= 11 is 0. The van der Waals surface area contributed by atoms with Gasteiger partial charge >= 0.3 is 0 Å². The third-order valence-electron chi connectivity index (χ3n) is 2.49. The number of hydrogen-bond acceptors (Lipinski definition) is 3. The standard InChI is InChI=1S/C11H22N4/c1-4-7-9(12)8-15-11(6-3)13-10(5-2)14-15/h9H,4-8,12H2,1-3H3. The van der Waals surface area contributed by atoms with Crippen molar-refractivity contribution in [3.05, 3.63) is 11.6 Å². The van der Waals surface area contributed by atoms with Gasteiger partial charge < -0.3 is 5.73 Å². The lowest BCUT2D eigenvalue weighted by Gasteiger charge is -2.11. The normalized spacial score (nSPS) is 13.1. The van der Waals surface area contributed by atoms with Crippen LogP contribution >= 0.6 is 0 Å². The van der Waals surface area contributed by atoms with Crippen LogP contribution in [0, 0.1) is 0 Å². The van der Waals surface area contributed by atoms with Crippen LogP contribution in [-0.4, -0.2) is 20.8 Å². The van der Waals surface area contributed by atoms with Crippen molar-refractivity contribution in [2.75, 3.05) is 0 Å². The fraction of sp³-hybridized carbons (Fsp3) is 0.818. The van der Waals surface area contributed by atoms with Crippen molar-refractivity contribution in [2.24, 2.45) is 5.73 Å². The second kappa shape index (κ2) is 5.85. The molecule has 4 heteroatoms. The number of hydrogen-bond donors (Lipinski definition) is 1. The highest BCUT2D eigenvalue weighted by atomic mass is 15.3. The van der Waals surface area contributed by atoms with E-state index in [1.807, 2.05) is 4.68 Å². The zero-order valence-electron chi connectivity index (χ0n) is 10.0. The minimum Gasteiger partial charge on any atom is -0.326 e. The first-order valence-electron chi connectivity index (χ1n) is 5.89. The average molecular weight is 210 g/mol. The first-order valence-corrected chi connectivity index (χ1v) is 5.89. The van der Waals surface area contributed by atoms with Gasteiger partial charge in [-0.3, -0.25) is 0 Å². The quantitative estimate of drug-likeness (QED) is 0.774. The van der Waals surface area contributed by atoms with Crippen LogP contribution in [-0.2, 0) is 19.4 Å².